The van der Waals surface area contributed by atoms with Gasteiger partial charge >= 0.3 is 0 Å². The fraction of sp³-hybridized carbons (Fsp3) is 0.360. The molecule has 1 aromatic heterocycles. The quantitative estimate of drug-likeness (QED) is 0.274. The van der Waals surface area contributed by atoms with Crippen LogP contribution in [0.5, 0.6) is 5.75 Å². The molecule has 0 saturated carbocycles. The zero-order valence-corrected chi connectivity index (χ0v) is 19.2. The molecule has 0 radical (unpaired) electrons. The Bertz CT molecular complexity index is 969. The van der Waals surface area contributed by atoms with Gasteiger partial charge in [0.05, 0.1) is 12.3 Å². The van der Waals surface area contributed by atoms with E-state index in [1.54, 1.807) is 13.2 Å². The molecule has 0 aliphatic carbocycles. The maximum Gasteiger partial charge on any atom is 0.191 e. The van der Waals surface area contributed by atoms with E-state index >= 15 is 0 Å². The first-order chi connectivity index (χ1) is 15.7. The molecule has 2 N–H and O–H groups in total. The molecule has 0 bridgehead atoms. The third kappa shape index (κ3) is 7.13. The van der Waals surface area contributed by atoms with Crippen LogP contribution in [0, 0.1) is 6.92 Å². The number of guanidine groups is 1. The molecule has 7 nitrogen and oxygen atoms in total. The molecule has 0 spiro atoms. The molecule has 2 aromatic carbocycles. The molecule has 7 heteroatoms. The number of aliphatic imine (C=N–C) groups is 1. The third-order valence-electron chi connectivity index (χ3n) is 4.99. The highest BCUT2D eigenvalue weighted by Crippen LogP contribution is 2.20. The number of hydrogen-bond donors (Lipinski definition) is 2. The smallest absolute Gasteiger partial charge is 0.191 e. The molecule has 0 aliphatic heterocycles. The minimum absolute atomic E-state index is 0.538. The van der Waals surface area contributed by atoms with Gasteiger partial charge in [0, 0.05) is 44.7 Å². The van der Waals surface area contributed by atoms with Gasteiger partial charge in [0.2, 0.25) is 0 Å². The van der Waals surface area contributed by atoms with Crippen LogP contribution >= 0.6 is 0 Å². The lowest BCUT2D eigenvalue weighted by atomic mass is 10.1. The lowest BCUT2D eigenvalue weighted by molar-refractivity contribution is 0.110. The van der Waals surface area contributed by atoms with E-state index in [4.69, 9.17) is 9.47 Å². The molecular formula is C25H33N5O2. The summed E-state index contributed by atoms with van der Waals surface area (Å²) in [6, 6.07) is 16.6. The van der Waals surface area contributed by atoms with Crippen LogP contribution in [0.25, 0.3) is 5.69 Å². The second-order valence-corrected chi connectivity index (χ2v) is 7.38. The van der Waals surface area contributed by atoms with E-state index in [9.17, 15) is 0 Å². The molecular weight excluding hydrogens is 402 g/mol. The highest BCUT2D eigenvalue weighted by molar-refractivity contribution is 5.79. The van der Waals surface area contributed by atoms with Gasteiger partial charge in [-0.2, -0.15) is 5.10 Å². The van der Waals surface area contributed by atoms with Crippen molar-refractivity contribution >= 4 is 5.96 Å². The van der Waals surface area contributed by atoms with Gasteiger partial charge < -0.3 is 20.1 Å². The molecule has 0 aliphatic rings. The Morgan fingerprint density at radius 3 is 2.66 bits per heavy atom. The SMILES string of the molecule is CCOCCOc1cc(C)ccc1CNC(=NC)NCCc1ccc(-n2cccn2)cc1. The van der Waals surface area contributed by atoms with E-state index in [-0.39, 0.29) is 0 Å². The van der Waals surface area contributed by atoms with Gasteiger partial charge in [-0.1, -0.05) is 24.3 Å². The largest absolute Gasteiger partial charge is 0.491 e. The molecule has 32 heavy (non-hydrogen) atoms. The molecule has 0 atom stereocenters. The van der Waals surface area contributed by atoms with Crippen LogP contribution in [0.15, 0.2) is 65.9 Å². The van der Waals surface area contributed by atoms with Gasteiger partial charge in [0.25, 0.3) is 0 Å². The fourth-order valence-corrected chi connectivity index (χ4v) is 3.26. The van der Waals surface area contributed by atoms with Gasteiger partial charge in [0.1, 0.15) is 12.4 Å². The summed E-state index contributed by atoms with van der Waals surface area (Å²) in [5, 5.41) is 11.0. The number of rotatable bonds is 11. The van der Waals surface area contributed by atoms with Crippen LogP contribution in [0.1, 0.15) is 23.6 Å². The zero-order chi connectivity index (χ0) is 22.6. The molecule has 3 rings (SSSR count). The van der Waals surface area contributed by atoms with Crippen molar-refractivity contribution in [3.8, 4) is 11.4 Å². The summed E-state index contributed by atoms with van der Waals surface area (Å²) in [7, 11) is 1.78. The van der Waals surface area contributed by atoms with E-state index in [1.165, 1.54) is 11.1 Å². The predicted octanol–water partition coefficient (Wildman–Crippen LogP) is 3.50. The van der Waals surface area contributed by atoms with Crippen LogP contribution in [-0.4, -0.2) is 49.2 Å². The van der Waals surface area contributed by atoms with E-state index < -0.39 is 0 Å². The summed E-state index contributed by atoms with van der Waals surface area (Å²) in [6.07, 6.45) is 4.62. The number of benzene rings is 2. The Hall–Kier alpha value is -3.32. The van der Waals surface area contributed by atoms with Crippen molar-refractivity contribution in [3.63, 3.8) is 0 Å². The van der Waals surface area contributed by atoms with Crippen LogP contribution in [-0.2, 0) is 17.7 Å². The van der Waals surface area contributed by atoms with E-state index in [0.717, 1.165) is 35.9 Å². The second kappa shape index (κ2) is 12.5. The van der Waals surface area contributed by atoms with Crippen LogP contribution in [0.3, 0.4) is 0 Å². The van der Waals surface area contributed by atoms with Crippen molar-refractivity contribution < 1.29 is 9.47 Å². The molecule has 3 aromatic rings. The first kappa shape index (κ1) is 23.3. The van der Waals surface area contributed by atoms with Crippen molar-refractivity contribution in [3.05, 3.63) is 77.6 Å². The fourth-order valence-electron chi connectivity index (χ4n) is 3.26. The van der Waals surface area contributed by atoms with Crippen molar-refractivity contribution in [1.82, 2.24) is 20.4 Å². The Balaban J connectivity index is 1.47. The summed E-state index contributed by atoms with van der Waals surface area (Å²) >= 11 is 0. The monoisotopic (exact) mass is 435 g/mol. The Kier molecular flexibility index (Phi) is 9.13. The zero-order valence-electron chi connectivity index (χ0n) is 19.2. The van der Waals surface area contributed by atoms with E-state index in [2.05, 4.69) is 70.1 Å². The number of nitrogens with zero attached hydrogens (tertiary/aromatic N) is 3. The van der Waals surface area contributed by atoms with Crippen molar-refractivity contribution in [2.24, 2.45) is 4.99 Å². The standard InChI is InChI=1S/C25H33N5O2/c1-4-31-16-17-32-24-18-20(2)6-9-22(24)19-28-25(26-3)27-14-12-21-7-10-23(11-8-21)30-15-5-13-29-30/h5-11,13,15,18H,4,12,14,16-17,19H2,1-3H3,(H2,26,27,28). The minimum Gasteiger partial charge on any atom is -0.491 e. The van der Waals surface area contributed by atoms with Gasteiger partial charge in [-0.15, -0.1) is 0 Å². The first-order valence-electron chi connectivity index (χ1n) is 11.0. The topological polar surface area (TPSA) is 72.7 Å². The highest BCUT2D eigenvalue weighted by Gasteiger charge is 2.06. The number of aromatic nitrogens is 2. The van der Waals surface area contributed by atoms with Gasteiger partial charge in [0.15, 0.2) is 5.96 Å². The van der Waals surface area contributed by atoms with Crippen LogP contribution < -0.4 is 15.4 Å². The molecule has 0 unspecified atom stereocenters. The Morgan fingerprint density at radius 2 is 1.94 bits per heavy atom. The molecule has 0 saturated heterocycles. The van der Waals surface area contributed by atoms with E-state index in [0.29, 0.717) is 26.4 Å². The second-order valence-electron chi connectivity index (χ2n) is 7.38. The van der Waals surface area contributed by atoms with Crippen molar-refractivity contribution in [1.29, 1.82) is 0 Å². The van der Waals surface area contributed by atoms with Crippen LogP contribution in [0.4, 0.5) is 0 Å². The van der Waals surface area contributed by atoms with Crippen molar-refractivity contribution in [2.75, 3.05) is 33.4 Å². The lowest BCUT2D eigenvalue weighted by Gasteiger charge is -2.15. The maximum absolute atomic E-state index is 5.93. The summed E-state index contributed by atoms with van der Waals surface area (Å²) in [6.45, 7) is 7.28. The van der Waals surface area contributed by atoms with Gasteiger partial charge in [-0.05, 0) is 55.7 Å². The number of aryl methyl sites for hydroxylation is 1. The summed E-state index contributed by atoms with van der Waals surface area (Å²) in [4.78, 5) is 4.34. The molecule has 0 fully saturated rings. The Labute approximate surface area is 190 Å². The molecule has 1 heterocycles. The van der Waals surface area contributed by atoms with Crippen LogP contribution in [0.2, 0.25) is 0 Å². The minimum atomic E-state index is 0.538. The third-order valence-corrected chi connectivity index (χ3v) is 4.99. The lowest BCUT2D eigenvalue weighted by Crippen LogP contribution is -2.37. The number of ether oxygens (including phenoxy) is 2. The first-order valence-corrected chi connectivity index (χ1v) is 11.0. The normalized spacial score (nSPS) is 11.4. The Morgan fingerprint density at radius 1 is 1.09 bits per heavy atom. The van der Waals surface area contributed by atoms with Gasteiger partial charge in [-0.3, -0.25) is 4.99 Å². The summed E-state index contributed by atoms with van der Waals surface area (Å²) in [5.41, 5.74) is 4.57. The summed E-state index contributed by atoms with van der Waals surface area (Å²) in [5.74, 6) is 1.64. The average Bonchev–Trinajstić information content (AvgIpc) is 3.35. The number of hydrogen-bond acceptors (Lipinski definition) is 4. The van der Waals surface area contributed by atoms with E-state index in [1.807, 2.05) is 23.9 Å². The number of nitrogens with one attached hydrogen (secondary N) is 2. The summed E-state index contributed by atoms with van der Waals surface area (Å²) < 4.78 is 13.2. The maximum atomic E-state index is 5.93. The predicted molar refractivity (Wildman–Crippen MR) is 129 cm³/mol. The average molecular weight is 436 g/mol. The molecule has 170 valence electrons. The highest BCUT2D eigenvalue weighted by atomic mass is 16.5. The van der Waals surface area contributed by atoms with Crippen molar-refractivity contribution in [2.45, 2.75) is 26.8 Å². The molecule has 0 amide bonds. The van der Waals surface area contributed by atoms with Gasteiger partial charge in [-0.25, -0.2) is 4.68 Å².